The lowest BCUT2D eigenvalue weighted by atomic mass is 9.86. The van der Waals surface area contributed by atoms with E-state index in [1.807, 2.05) is 0 Å². The van der Waals surface area contributed by atoms with Crippen molar-refractivity contribution in [3.05, 3.63) is 0 Å². The molecule has 26 heavy (non-hydrogen) atoms. The smallest absolute Gasteiger partial charge is 0.410 e. The van der Waals surface area contributed by atoms with Crippen LogP contribution in [0.2, 0.25) is 0 Å². The molecular weight excluding hydrogens is 344 g/mol. The molecule has 1 fully saturated rings. The Morgan fingerprint density at radius 2 is 1.54 bits per heavy atom. The van der Waals surface area contributed by atoms with Gasteiger partial charge in [-0.05, 0) is 34.6 Å². The molecular formula is C17H28N2O7. The van der Waals surface area contributed by atoms with Crippen LogP contribution < -0.4 is 5.32 Å². The number of hydrogen-bond acceptors (Lipinski definition) is 7. The van der Waals surface area contributed by atoms with Gasteiger partial charge in [-0.15, -0.1) is 0 Å². The molecule has 0 atom stereocenters. The number of nitrogens with zero attached hydrogens (tertiary/aromatic N) is 1. The third kappa shape index (κ3) is 6.89. The number of amides is 2. The molecule has 9 heteroatoms. The monoisotopic (exact) mass is 372 g/mol. The van der Waals surface area contributed by atoms with Crippen LogP contribution in [0.1, 0.15) is 47.5 Å². The maximum Gasteiger partial charge on any atom is 0.410 e. The Balaban J connectivity index is 2.72. The van der Waals surface area contributed by atoms with Crippen molar-refractivity contribution in [2.24, 2.45) is 0 Å². The van der Waals surface area contributed by atoms with E-state index in [1.165, 1.54) is 4.90 Å². The molecule has 1 saturated heterocycles. The highest BCUT2D eigenvalue weighted by Crippen LogP contribution is 2.27. The highest BCUT2D eigenvalue weighted by atomic mass is 16.6. The van der Waals surface area contributed by atoms with Crippen LogP contribution in [0.25, 0.3) is 0 Å². The van der Waals surface area contributed by atoms with Crippen LogP contribution in [0.15, 0.2) is 0 Å². The lowest BCUT2D eigenvalue weighted by Gasteiger charge is -2.49. The van der Waals surface area contributed by atoms with Crippen LogP contribution in [-0.4, -0.2) is 66.3 Å². The largest absolute Gasteiger partial charge is 0.466 e. The van der Waals surface area contributed by atoms with Crippen LogP contribution in [0.5, 0.6) is 0 Å². The highest BCUT2D eigenvalue weighted by molar-refractivity contribution is 5.95. The van der Waals surface area contributed by atoms with Crippen LogP contribution in [0.4, 0.5) is 4.79 Å². The second kappa shape index (κ2) is 8.86. The van der Waals surface area contributed by atoms with Gasteiger partial charge in [0.2, 0.25) is 5.91 Å². The summed E-state index contributed by atoms with van der Waals surface area (Å²) in [6.45, 7) is 9.13. The van der Waals surface area contributed by atoms with Gasteiger partial charge in [-0.3, -0.25) is 14.4 Å². The van der Waals surface area contributed by atoms with E-state index in [1.54, 1.807) is 34.6 Å². The van der Waals surface area contributed by atoms with E-state index in [4.69, 9.17) is 14.2 Å². The Kier molecular flexibility index (Phi) is 7.41. The van der Waals surface area contributed by atoms with Gasteiger partial charge in [0.05, 0.1) is 25.2 Å². The van der Waals surface area contributed by atoms with Crippen molar-refractivity contribution in [2.75, 3.05) is 26.3 Å². The predicted molar refractivity (Wildman–Crippen MR) is 91.2 cm³/mol. The number of nitrogens with one attached hydrogen (secondary N) is 1. The molecule has 0 aliphatic carbocycles. The summed E-state index contributed by atoms with van der Waals surface area (Å²) in [5.74, 6) is -1.72. The maximum atomic E-state index is 12.1. The Morgan fingerprint density at radius 1 is 1.00 bits per heavy atom. The molecule has 148 valence electrons. The number of carbonyl (C=O) groups excluding carboxylic acids is 4. The summed E-state index contributed by atoms with van der Waals surface area (Å²) in [5.41, 5.74) is -1.63. The van der Waals surface area contributed by atoms with Crippen molar-refractivity contribution in [1.29, 1.82) is 0 Å². The minimum Gasteiger partial charge on any atom is -0.466 e. The average Bonchev–Trinajstić information content (AvgIpc) is 2.42. The fourth-order valence-electron chi connectivity index (χ4n) is 2.55. The summed E-state index contributed by atoms with van der Waals surface area (Å²) in [4.78, 5) is 48.9. The van der Waals surface area contributed by atoms with Gasteiger partial charge in [-0.1, -0.05) is 0 Å². The van der Waals surface area contributed by atoms with Gasteiger partial charge in [0.15, 0.2) is 0 Å². The third-order valence-corrected chi connectivity index (χ3v) is 3.44. The Bertz CT molecular complexity index is 548. The molecule has 0 radical (unpaired) electrons. The summed E-state index contributed by atoms with van der Waals surface area (Å²) >= 11 is 0. The zero-order valence-electron chi connectivity index (χ0n) is 16.0. The van der Waals surface area contributed by atoms with Gasteiger partial charge >= 0.3 is 18.0 Å². The molecule has 0 saturated carbocycles. The van der Waals surface area contributed by atoms with Crippen molar-refractivity contribution in [3.63, 3.8) is 0 Å². The summed E-state index contributed by atoms with van der Waals surface area (Å²) < 4.78 is 14.9. The van der Waals surface area contributed by atoms with Gasteiger partial charge < -0.3 is 24.4 Å². The quantitative estimate of drug-likeness (QED) is 0.403. The van der Waals surface area contributed by atoms with E-state index in [2.05, 4.69) is 5.32 Å². The molecule has 9 nitrogen and oxygen atoms in total. The predicted octanol–water partition coefficient (Wildman–Crippen LogP) is 0.999. The molecule has 0 aromatic heterocycles. The second-order valence-corrected chi connectivity index (χ2v) is 7.13. The van der Waals surface area contributed by atoms with E-state index >= 15 is 0 Å². The Hall–Kier alpha value is -2.32. The van der Waals surface area contributed by atoms with Gasteiger partial charge in [0, 0.05) is 13.1 Å². The van der Waals surface area contributed by atoms with Crippen LogP contribution >= 0.6 is 0 Å². The Morgan fingerprint density at radius 3 is 2.04 bits per heavy atom. The topological polar surface area (TPSA) is 111 Å². The number of hydrogen-bond donors (Lipinski definition) is 1. The van der Waals surface area contributed by atoms with Crippen LogP contribution in [-0.2, 0) is 28.6 Å². The fourth-order valence-corrected chi connectivity index (χ4v) is 2.55. The molecule has 1 rings (SSSR count). The summed E-state index contributed by atoms with van der Waals surface area (Å²) in [5, 5.41) is 2.67. The molecule has 0 bridgehead atoms. The summed E-state index contributed by atoms with van der Waals surface area (Å²) in [6, 6.07) is 0. The van der Waals surface area contributed by atoms with Gasteiger partial charge in [-0.25, -0.2) is 4.79 Å². The van der Waals surface area contributed by atoms with Crippen LogP contribution in [0, 0.1) is 0 Å². The number of likely N-dealkylation sites (tertiary alicyclic amines) is 1. The molecule has 0 aromatic carbocycles. The first-order valence-electron chi connectivity index (χ1n) is 8.60. The first-order valence-corrected chi connectivity index (χ1v) is 8.60. The van der Waals surface area contributed by atoms with Crippen molar-refractivity contribution in [3.8, 4) is 0 Å². The minimum atomic E-state index is -0.979. The van der Waals surface area contributed by atoms with Crippen molar-refractivity contribution >= 4 is 23.9 Å². The van der Waals surface area contributed by atoms with Crippen LogP contribution in [0.3, 0.4) is 0 Å². The third-order valence-electron chi connectivity index (χ3n) is 3.44. The molecule has 0 spiro atoms. The SMILES string of the molecule is CCOC(=O)CC(=O)NC1(CC(=O)OCC)CN(C(=O)OC(C)(C)C)C1. The first kappa shape index (κ1) is 21.7. The van der Waals surface area contributed by atoms with E-state index < -0.39 is 41.5 Å². The Labute approximate surface area is 153 Å². The number of carbonyl (C=O) groups is 4. The van der Waals surface area contributed by atoms with E-state index in [-0.39, 0.29) is 32.7 Å². The number of rotatable bonds is 7. The molecule has 1 aliphatic rings. The molecule has 1 aliphatic heterocycles. The average molecular weight is 372 g/mol. The second-order valence-electron chi connectivity index (χ2n) is 7.13. The van der Waals surface area contributed by atoms with Crippen molar-refractivity contribution in [2.45, 2.75) is 58.6 Å². The normalized spacial score (nSPS) is 15.5. The molecule has 1 N–H and O–H groups in total. The molecule has 1 heterocycles. The maximum absolute atomic E-state index is 12.1. The number of ether oxygens (including phenoxy) is 3. The summed E-state index contributed by atoms with van der Waals surface area (Å²) in [6.07, 6.45) is -1.09. The van der Waals surface area contributed by atoms with E-state index in [0.717, 1.165) is 0 Å². The highest BCUT2D eigenvalue weighted by Gasteiger charge is 2.49. The molecule has 0 aromatic rings. The molecule has 0 unspecified atom stereocenters. The lowest BCUT2D eigenvalue weighted by molar-refractivity contribution is -0.149. The van der Waals surface area contributed by atoms with Gasteiger partial charge in [-0.2, -0.15) is 0 Å². The zero-order chi connectivity index (χ0) is 20.0. The molecule has 2 amide bonds. The zero-order valence-corrected chi connectivity index (χ0v) is 16.0. The number of esters is 2. The van der Waals surface area contributed by atoms with E-state index in [0.29, 0.717) is 0 Å². The van der Waals surface area contributed by atoms with Gasteiger partial charge in [0.25, 0.3) is 0 Å². The van der Waals surface area contributed by atoms with Crippen molar-refractivity contribution < 1.29 is 33.4 Å². The fraction of sp³-hybridized carbons (Fsp3) is 0.765. The van der Waals surface area contributed by atoms with E-state index in [9.17, 15) is 19.2 Å². The first-order chi connectivity index (χ1) is 12.0. The standard InChI is InChI=1S/C17H28N2O7/c1-6-24-13(21)8-12(20)18-17(9-14(22)25-7-2)10-19(11-17)15(23)26-16(3,4)5/h6-11H2,1-5H3,(H,18,20). The lowest BCUT2D eigenvalue weighted by Crippen LogP contribution is -2.72. The summed E-state index contributed by atoms with van der Waals surface area (Å²) in [7, 11) is 0. The van der Waals surface area contributed by atoms with Gasteiger partial charge in [0.1, 0.15) is 12.0 Å². The minimum absolute atomic E-state index is 0.0926. The van der Waals surface area contributed by atoms with Crippen molar-refractivity contribution in [1.82, 2.24) is 10.2 Å².